The lowest BCUT2D eigenvalue weighted by molar-refractivity contribution is -0.121. The summed E-state index contributed by atoms with van der Waals surface area (Å²) in [5.74, 6) is -0.336. The lowest BCUT2D eigenvalue weighted by Gasteiger charge is -2.20. The first-order valence-corrected chi connectivity index (χ1v) is 10.5. The molecule has 0 bridgehead atoms. The summed E-state index contributed by atoms with van der Waals surface area (Å²) in [5, 5.41) is 2.86. The summed E-state index contributed by atoms with van der Waals surface area (Å²) in [6.45, 7) is 7.54. The van der Waals surface area contributed by atoms with Crippen molar-refractivity contribution in [2.24, 2.45) is 0 Å². The second-order valence-electron chi connectivity index (χ2n) is 6.89. The molecule has 0 spiro atoms. The van der Waals surface area contributed by atoms with E-state index in [1.807, 2.05) is 45.0 Å². The molecular formula is C21H28N2O3S. The summed E-state index contributed by atoms with van der Waals surface area (Å²) in [6, 6.07) is 12.8. The van der Waals surface area contributed by atoms with E-state index in [1.165, 1.54) is 12.6 Å². The molecule has 0 aromatic heterocycles. The highest BCUT2D eigenvalue weighted by Crippen LogP contribution is 2.18. The number of nitrogens with zero attached hydrogens (tertiary/aromatic N) is 1. The van der Waals surface area contributed by atoms with Crippen LogP contribution in [0.5, 0.6) is 0 Å². The molecule has 6 heteroatoms. The van der Waals surface area contributed by atoms with Crippen molar-refractivity contribution in [2.45, 2.75) is 45.1 Å². The van der Waals surface area contributed by atoms with E-state index in [9.17, 15) is 13.2 Å². The number of likely N-dealkylation sites (N-methyl/N-ethyl adjacent to an activating group) is 1. The third kappa shape index (κ3) is 5.17. The molecular weight excluding hydrogens is 360 g/mol. The zero-order chi connectivity index (χ0) is 20.2. The molecule has 0 fully saturated rings. The number of rotatable bonds is 7. The van der Waals surface area contributed by atoms with Crippen molar-refractivity contribution in [1.29, 1.82) is 0 Å². The lowest BCUT2D eigenvalue weighted by Crippen LogP contribution is -2.39. The Morgan fingerprint density at radius 1 is 1.07 bits per heavy atom. The zero-order valence-electron chi connectivity index (χ0n) is 16.6. The predicted molar refractivity (Wildman–Crippen MR) is 108 cm³/mol. The number of hydrogen-bond acceptors (Lipinski definition) is 3. The van der Waals surface area contributed by atoms with Crippen LogP contribution < -0.4 is 5.32 Å². The standard InChI is InChI=1S/C21H28N2O3S/c1-6-18-8-10-19(11-9-18)17(4)22-21(24)14-23(5)27(25,26)20-12-7-15(2)16(3)13-20/h7-13,17H,6,14H2,1-5H3,(H,22,24). The Morgan fingerprint density at radius 3 is 2.26 bits per heavy atom. The van der Waals surface area contributed by atoms with Gasteiger partial charge in [-0.1, -0.05) is 37.3 Å². The predicted octanol–water partition coefficient (Wildman–Crippen LogP) is 3.36. The van der Waals surface area contributed by atoms with Gasteiger partial charge in [0.15, 0.2) is 0 Å². The Bertz CT molecular complexity index is 906. The van der Waals surface area contributed by atoms with Gasteiger partial charge in [-0.05, 0) is 61.6 Å². The minimum atomic E-state index is -3.71. The highest BCUT2D eigenvalue weighted by Gasteiger charge is 2.24. The number of hydrogen-bond donors (Lipinski definition) is 1. The van der Waals surface area contributed by atoms with Crippen LogP contribution in [0.3, 0.4) is 0 Å². The van der Waals surface area contributed by atoms with Crippen LogP contribution in [0.25, 0.3) is 0 Å². The maximum atomic E-state index is 12.7. The Hall–Kier alpha value is -2.18. The second kappa shape index (κ2) is 8.67. The van der Waals surface area contributed by atoms with E-state index in [4.69, 9.17) is 0 Å². The number of sulfonamides is 1. The molecule has 146 valence electrons. The highest BCUT2D eigenvalue weighted by molar-refractivity contribution is 7.89. The van der Waals surface area contributed by atoms with Crippen LogP contribution in [-0.4, -0.2) is 32.2 Å². The minimum absolute atomic E-state index is 0.193. The number of amides is 1. The highest BCUT2D eigenvalue weighted by atomic mass is 32.2. The molecule has 2 rings (SSSR count). The Kier molecular flexibility index (Phi) is 6.78. The summed E-state index contributed by atoms with van der Waals surface area (Å²) in [6.07, 6.45) is 0.960. The molecule has 5 nitrogen and oxygen atoms in total. The molecule has 0 saturated heterocycles. The van der Waals surface area contributed by atoms with Crippen LogP contribution >= 0.6 is 0 Å². The molecule has 1 unspecified atom stereocenters. The van der Waals surface area contributed by atoms with Crippen LogP contribution in [0, 0.1) is 13.8 Å². The SMILES string of the molecule is CCc1ccc(C(C)NC(=O)CN(C)S(=O)(=O)c2ccc(C)c(C)c2)cc1. The number of nitrogens with one attached hydrogen (secondary N) is 1. The third-order valence-electron chi connectivity index (χ3n) is 4.82. The summed E-state index contributed by atoms with van der Waals surface area (Å²) >= 11 is 0. The van der Waals surface area contributed by atoms with E-state index in [1.54, 1.807) is 18.2 Å². The van der Waals surface area contributed by atoms with Gasteiger partial charge in [-0.25, -0.2) is 8.42 Å². The smallest absolute Gasteiger partial charge is 0.243 e. The number of carbonyl (C=O) groups excluding carboxylic acids is 1. The first-order chi connectivity index (χ1) is 12.6. The van der Waals surface area contributed by atoms with Gasteiger partial charge in [0.25, 0.3) is 0 Å². The van der Waals surface area contributed by atoms with Gasteiger partial charge in [-0.15, -0.1) is 0 Å². The lowest BCUT2D eigenvalue weighted by atomic mass is 10.1. The summed E-state index contributed by atoms with van der Waals surface area (Å²) in [5.41, 5.74) is 4.15. The van der Waals surface area contributed by atoms with E-state index in [0.717, 1.165) is 27.4 Å². The Morgan fingerprint density at radius 2 is 1.70 bits per heavy atom. The van der Waals surface area contributed by atoms with E-state index in [-0.39, 0.29) is 23.4 Å². The van der Waals surface area contributed by atoms with Crippen LogP contribution in [0.4, 0.5) is 0 Å². The van der Waals surface area contributed by atoms with Gasteiger partial charge in [0.2, 0.25) is 15.9 Å². The maximum absolute atomic E-state index is 12.7. The third-order valence-corrected chi connectivity index (χ3v) is 6.62. The van der Waals surface area contributed by atoms with Crippen LogP contribution in [0.1, 0.15) is 42.1 Å². The van der Waals surface area contributed by atoms with Crippen molar-refractivity contribution in [3.05, 3.63) is 64.7 Å². The normalized spacial score (nSPS) is 12.8. The fourth-order valence-electron chi connectivity index (χ4n) is 2.75. The first-order valence-electron chi connectivity index (χ1n) is 9.07. The molecule has 0 aliphatic carbocycles. The molecule has 1 atom stereocenters. The van der Waals surface area contributed by atoms with Crippen molar-refractivity contribution in [3.8, 4) is 0 Å². The molecule has 0 aliphatic heterocycles. The summed E-state index contributed by atoms with van der Waals surface area (Å²) in [7, 11) is -2.29. The Balaban J connectivity index is 2.03. The molecule has 1 N–H and O–H groups in total. The molecule has 0 saturated carbocycles. The minimum Gasteiger partial charge on any atom is -0.348 e. The van der Waals surface area contributed by atoms with Crippen molar-refractivity contribution >= 4 is 15.9 Å². The molecule has 0 radical (unpaired) electrons. The summed E-state index contributed by atoms with van der Waals surface area (Å²) in [4.78, 5) is 12.5. The van der Waals surface area contributed by atoms with Crippen LogP contribution in [-0.2, 0) is 21.2 Å². The van der Waals surface area contributed by atoms with Crippen molar-refractivity contribution in [2.75, 3.05) is 13.6 Å². The van der Waals surface area contributed by atoms with Crippen molar-refractivity contribution in [1.82, 2.24) is 9.62 Å². The summed E-state index contributed by atoms with van der Waals surface area (Å²) < 4.78 is 26.5. The molecule has 0 heterocycles. The average molecular weight is 389 g/mol. The van der Waals surface area contributed by atoms with Crippen molar-refractivity contribution in [3.63, 3.8) is 0 Å². The topological polar surface area (TPSA) is 66.5 Å². The van der Waals surface area contributed by atoms with Gasteiger partial charge in [0.1, 0.15) is 0 Å². The zero-order valence-corrected chi connectivity index (χ0v) is 17.4. The van der Waals surface area contributed by atoms with Gasteiger partial charge in [0.05, 0.1) is 17.5 Å². The number of carbonyl (C=O) groups is 1. The van der Waals surface area contributed by atoms with Gasteiger partial charge in [-0.2, -0.15) is 4.31 Å². The second-order valence-corrected chi connectivity index (χ2v) is 8.94. The Labute approximate surface area is 162 Å². The monoisotopic (exact) mass is 388 g/mol. The van der Waals surface area contributed by atoms with E-state index in [2.05, 4.69) is 12.2 Å². The van der Waals surface area contributed by atoms with Crippen LogP contribution in [0.2, 0.25) is 0 Å². The van der Waals surface area contributed by atoms with E-state index < -0.39 is 10.0 Å². The molecule has 0 aliphatic rings. The van der Waals surface area contributed by atoms with Gasteiger partial charge in [0, 0.05) is 7.05 Å². The molecule has 2 aromatic carbocycles. The van der Waals surface area contributed by atoms with Crippen molar-refractivity contribution < 1.29 is 13.2 Å². The quantitative estimate of drug-likeness (QED) is 0.791. The number of benzene rings is 2. The van der Waals surface area contributed by atoms with Gasteiger partial charge < -0.3 is 5.32 Å². The average Bonchev–Trinajstić information content (AvgIpc) is 2.63. The fraction of sp³-hybridized carbons (Fsp3) is 0.381. The molecule has 2 aromatic rings. The van der Waals surface area contributed by atoms with E-state index >= 15 is 0 Å². The maximum Gasteiger partial charge on any atom is 0.243 e. The van der Waals surface area contributed by atoms with E-state index in [0.29, 0.717) is 0 Å². The van der Waals surface area contributed by atoms with Gasteiger partial charge in [-0.3, -0.25) is 4.79 Å². The van der Waals surface area contributed by atoms with Crippen LogP contribution in [0.15, 0.2) is 47.4 Å². The number of aryl methyl sites for hydroxylation is 3. The largest absolute Gasteiger partial charge is 0.348 e. The fourth-order valence-corrected chi connectivity index (χ4v) is 3.97. The molecule has 1 amide bonds. The van der Waals surface area contributed by atoms with Gasteiger partial charge >= 0.3 is 0 Å². The molecule has 27 heavy (non-hydrogen) atoms. The first kappa shape index (κ1) is 21.1.